The van der Waals surface area contributed by atoms with Crippen molar-refractivity contribution < 1.29 is 0 Å². The second-order valence-electron chi connectivity index (χ2n) is 5.78. The summed E-state index contributed by atoms with van der Waals surface area (Å²) in [5, 5.41) is 12.5. The Labute approximate surface area is 108 Å². The van der Waals surface area contributed by atoms with Gasteiger partial charge in [0, 0.05) is 12.2 Å². The smallest absolute Gasteiger partial charge is 0.144 e. The van der Waals surface area contributed by atoms with Gasteiger partial charge in [-0.15, -0.1) is 0 Å². The summed E-state index contributed by atoms with van der Waals surface area (Å²) in [5.74, 6) is 3.36. The van der Waals surface area contributed by atoms with E-state index in [1.807, 2.05) is 12.1 Å². The lowest BCUT2D eigenvalue weighted by atomic mass is 9.84. The van der Waals surface area contributed by atoms with Crippen molar-refractivity contribution in [2.45, 2.75) is 38.6 Å². The molecular formula is C15H19N3. The highest BCUT2D eigenvalue weighted by molar-refractivity contribution is 5.51. The third kappa shape index (κ3) is 1.96. The van der Waals surface area contributed by atoms with Crippen molar-refractivity contribution in [1.29, 1.82) is 5.26 Å². The molecule has 0 amide bonds. The Morgan fingerprint density at radius 1 is 1.44 bits per heavy atom. The highest BCUT2D eigenvalue weighted by atomic mass is 15.0. The maximum absolute atomic E-state index is 9.07. The molecule has 18 heavy (non-hydrogen) atoms. The van der Waals surface area contributed by atoms with Crippen molar-refractivity contribution in [3.63, 3.8) is 0 Å². The molecule has 2 aliphatic rings. The molecule has 4 unspecified atom stereocenters. The first-order chi connectivity index (χ1) is 8.78. The number of nitriles is 1. The average molecular weight is 241 g/mol. The number of anilines is 1. The molecule has 0 radical (unpaired) electrons. The molecule has 3 rings (SSSR count). The molecule has 2 aliphatic carbocycles. The minimum Gasteiger partial charge on any atom is -0.366 e. The van der Waals surface area contributed by atoms with E-state index >= 15 is 0 Å². The Morgan fingerprint density at radius 2 is 2.33 bits per heavy atom. The lowest BCUT2D eigenvalue weighted by molar-refractivity contribution is 0.304. The fourth-order valence-electron chi connectivity index (χ4n) is 3.84. The van der Waals surface area contributed by atoms with E-state index in [-0.39, 0.29) is 0 Å². The molecule has 1 heterocycles. The second-order valence-corrected chi connectivity index (χ2v) is 5.78. The third-order valence-corrected chi connectivity index (χ3v) is 4.73. The van der Waals surface area contributed by atoms with Crippen LogP contribution in [0.25, 0.3) is 0 Å². The highest BCUT2D eigenvalue weighted by Gasteiger charge is 2.41. The summed E-state index contributed by atoms with van der Waals surface area (Å²) >= 11 is 0. The third-order valence-electron chi connectivity index (χ3n) is 4.73. The normalized spacial score (nSPS) is 31.0. The van der Waals surface area contributed by atoms with Crippen molar-refractivity contribution in [1.82, 2.24) is 4.98 Å². The molecule has 2 saturated carbocycles. The molecule has 2 fully saturated rings. The first-order valence-corrected chi connectivity index (χ1v) is 6.89. The van der Waals surface area contributed by atoms with E-state index < -0.39 is 0 Å². The van der Waals surface area contributed by atoms with Gasteiger partial charge in [0.2, 0.25) is 0 Å². The van der Waals surface area contributed by atoms with Gasteiger partial charge in [0.15, 0.2) is 0 Å². The van der Waals surface area contributed by atoms with Crippen LogP contribution in [0.2, 0.25) is 0 Å². The van der Waals surface area contributed by atoms with Crippen molar-refractivity contribution in [2.24, 2.45) is 17.8 Å². The van der Waals surface area contributed by atoms with Gasteiger partial charge in [0.25, 0.3) is 0 Å². The minimum atomic E-state index is 0.419. The largest absolute Gasteiger partial charge is 0.366 e. The summed E-state index contributed by atoms with van der Waals surface area (Å²) in [4.78, 5) is 4.29. The predicted molar refractivity (Wildman–Crippen MR) is 71.0 cm³/mol. The number of fused-ring (bicyclic) bond motifs is 2. The van der Waals surface area contributed by atoms with Gasteiger partial charge in [0.1, 0.15) is 11.9 Å². The summed E-state index contributed by atoms with van der Waals surface area (Å²) in [7, 11) is 0. The van der Waals surface area contributed by atoms with Gasteiger partial charge in [0.05, 0.1) is 5.56 Å². The van der Waals surface area contributed by atoms with Crippen LogP contribution in [0.3, 0.4) is 0 Å². The molecule has 2 bridgehead atoms. The van der Waals surface area contributed by atoms with Crippen LogP contribution in [0.1, 0.15) is 38.2 Å². The van der Waals surface area contributed by atoms with Crippen LogP contribution in [0, 0.1) is 29.1 Å². The van der Waals surface area contributed by atoms with Gasteiger partial charge in [-0.05, 0) is 56.1 Å². The first-order valence-electron chi connectivity index (χ1n) is 6.89. The molecule has 1 aromatic heterocycles. The number of nitrogens with zero attached hydrogens (tertiary/aromatic N) is 2. The summed E-state index contributed by atoms with van der Waals surface area (Å²) in [5.41, 5.74) is 0.646. The SMILES string of the molecule is CC(Nc1ncccc1C#N)C1CC2CCC1C2. The Bertz CT molecular complexity index is 477. The first kappa shape index (κ1) is 11.5. The van der Waals surface area contributed by atoms with Crippen molar-refractivity contribution in [2.75, 3.05) is 5.32 Å². The van der Waals surface area contributed by atoms with Gasteiger partial charge < -0.3 is 5.32 Å². The Balaban J connectivity index is 1.71. The molecule has 3 nitrogen and oxygen atoms in total. The van der Waals surface area contributed by atoms with Crippen LogP contribution < -0.4 is 5.32 Å². The van der Waals surface area contributed by atoms with Crippen LogP contribution in [0.4, 0.5) is 5.82 Å². The van der Waals surface area contributed by atoms with E-state index in [0.29, 0.717) is 11.6 Å². The Morgan fingerprint density at radius 3 is 3.00 bits per heavy atom. The standard InChI is InChI=1S/C15H19N3/c1-10(14-8-11-4-5-12(14)7-11)18-15-13(9-16)3-2-6-17-15/h2-3,6,10-12,14H,4-5,7-8H2,1H3,(H,17,18). The number of hydrogen-bond donors (Lipinski definition) is 1. The minimum absolute atomic E-state index is 0.419. The zero-order valence-corrected chi connectivity index (χ0v) is 10.8. The molecule has 0 saturated heterocycles. The topological polar surface area (TPSA) is 48.7 Å². The molecule has 94 valence electrons. The summed E-state index contributed by atoms with van der Waals surface area (Å²) < 4.78 is 0. The van der Waals surface area contributed by atoms with Crippen molar-refractivity contribution >= 4 is 5.82 Å². The molecule has 1 aromatic rings. The molecule has 4 atom stereocenters. The summed E-state index contributed by atoms with van der Waals surface area (Å²) in [6, 6.07) is 6.25. The number of nitrogens with one attached hydrogen (secondary N) is 1. The molecule has 0 spiro atoms. The lowest BCUT2D eigenvalue weighted by Crippen LogP contribution is -2.30. The summed E-state index contributed by atoms with van der Waals surface area (Å²) in [6.07, 6.45) is 7.35. The predicted octanol–water partition coefficient (Wildman–Crippen LogP) is 3.19. The van der Waals surface area contributed by atoms with E-state index in [0.717, 1.165) is 23.6 Å². The monoisotopic (exact) mass is 241 g/mol. The van der Waals surface area contributed by atoms with Crippen molar-refractivity contribution in [3.8, 4) is 6.07 Å². The van der Waals surface area contributed by atoms with Gasteiger partial charge in [-0.3, -0.25) is 0 Å². The maximum Gasteiger partial charge on any atom is 0.144 e. The molecule has 1 N–H and O–H groups in total. The number of hydrogen-bond acceptors (Lipinski definition) is 3. The van der Waals surface area contributed by atoms with E-state index in [2.05, 4.69) is 23.3 Å². The maximum atomic E-state index is 9.07. The fourth-order valence-corrected chi connectivity index (χ4v) is 3.84. The molecule has 3 heteroatoms. The fraction of sp³-hybridized carbons (Fsp3) is 0.600. The van der Waals surface area contributed by atoms with Crippen LogP contribution in [0.15, 0.2) is 18.3 Å². The van der Waals surface area contributed by atoms with E-state index in [1.165, 1.54) is 25.7 Å². The lowest BCUT2D eigenvalue weighted by Gasteiger charge is -2.29. The molecular weight excluding hydrogens is 222 g/mol. The molecule has 0 aromatic carbocycles. The Kier molecular flexibility index (Phi) is 2.95. The van der Waals surface area contributed by atoms with Gasteiger partial charge in [-0.25, -0.2) is 4.98 Å². The van der Waals surface area contributed by atoms with Crippen LogP contribution >= 0.6 is 0 Å². The summed E-state index contributed by atoms with van der Waals surface area (Å²) in [6.45, 7) is 2.24. The van der Waals surface area contributed by atoms with Crippen molar-refractivity contribution in [3.05, 3.63) is 23.9 Å². The number of pyridine rings is 1. The quantitative estimate of drug-likeness (QED) is 0.884. The second kappa shape index (κ2) is 4.61. The number of aromatic nitrogens is 1. The number of rotatable bonds is 3. The zero-order valence-electron chi connectivity index (χ0n) is 10.8. The highest BCUT2D eigenvalue weighted by Crippen LogP contribution is 2.49. The van der Waals surface area contributed by atoms with Gasteiger partial charge in [-0.1, -0.05) is 6.42 Å². The average Bonchev–Trinajstić information content (AvgIpc) is 3.01. The van der Waals surface area contributed by atoms with E-state index in [9.17, 15) is 0 Å². The van der Waals surface area contributed by atoms with Gasteiger partial charge in [-0.2, -0.15) is 5.26 Å². The molecule has 0 aliphatic heterocycles. The van der Waals surface area contributed by atoms with E-state index in [1.54, 1.807) is 6.20 Å². The van der Waals surface area contributed by atoms with Gasteiger partial charge >= 0.3 is 0 Å². The van der Waals surface area contributed by atoms with Crippen LogP contribution in [-0.4, -0.2) is 11.0 Å². The Hall–Kier alpha value is -1.56. The van der Waals surface area contributed by atoms with Crippen LogP contribution in [-0.2, 0) is 0 Å². The van der Waals surface area contributed by atoms with Crippen LogP contribution in [0.5, 0.6) is 0 Å². The zero-order chi connectivity index (χ0) is 12.5. The van der Waals surface area contributed by atoms with E-state index in [4.69, 9.17) is 5.26 Å².